The van der Waals surface area contributed by atoms with Gasteiger partial charge in [0.05, 0.1) is 12.7 Å². The molecule has 0 spiro atoms. The maximum absolute atomic E-state index is 12.2. The van der Waals surface area contributed by atoms with Crippen LogP contribution in [0.2, 0.25) is 0 Å². The fourth-order valence-corrected chi connectivity index (χ4v) is 4.87. The molecule has 0 saturated carbocycles. The Kier molecular flexibility index (Phi) is 5.16. The van der Waals surface area contributed by atoms with E-state index in [0.717, 1.165) is 29.7 Å². The van der Waals surface area contributed by atoms with Crippen LogP contribution in [-0.4, -0.2) is 19.0 Å². The van der Waals surface area contributed by atoms with Crippen LogP contribution in [0.4, 0.5) is 5.00 Å². The molecule has 1 aliphatic carbocycles. The van der Waals surface area contributed by atoms with Gasteiger partial charge in [0.2, 0.25) is 5.91 Å². The highest BCUT2D eigenvalue weighted by Crippen LogP contribution is 2.40. The second-order valence-electron chi connectivity index (χ2n) is 5.89. The number of hydrogen-bond donors (Lipinski definition) is 1. The summed E-state index contributed by atoms with van der Waals surface area (Å²) in [7, 11) is 1.38. The SMILES string of the molecule is COC(=O)c1c(NC(=O)C=Cc2cccs2)sc2c1CCC(C)C2. The Labute approximate surface area is 149 Å². The molecular formula is C18H19NO3S2. The first kappa shape index (κ1) is 16.9. The van der Waals surface area contributed by atoms with Gasteiger partial charge in [-0.15, -0.1) is 22.7 Å². The van der Waals surface area contributed by atoms with E-state index in [1.54, 1.807) is 17.4 Å². The zero-order valence-electron chi connectivity index (χ0n) is 13.6. The molecular weight excluding hydrogens is 342 g/mol. The maximum atomic E-state index is 12.2. The van der Waals surface area contributed by atoms with Crippen molar-refractivity contribution in [2.45, 2.75) is 26.2 Å². The van der Waals surface area contributed by atoms with E-state index < -0.39 is 0 Å². The number of methoxy groups -OCH3 is 1. The summed E-state index contributed by atoms with van der Waals surface area (Å²) in [6.45, 7) is 2.21. The Morgan fingerprint density at radius 2 is 2.25 bits per heavy atom. The van der Waals surface area contributed by atoms with Gasteiger partial charge in [-0.25, -0.2) is 4.79 Å². The highest BCUT2D eigenvalue weighted by atomic mass is 32.1. The molecule has 4 nitrogen and oxygen atoms in total. The Bertz CT molecular complexity index is 775. The van der Waals surface area contributed by atoms with Gasteiger partial charge >= 0.3 is 5.97 Å². The Morgan fingerprint density at radius 1 is 1.42 bits per heavy atom. The average Bonchev–Trinajstić information content (AvgIpc) is 3.19. The number of anilines is 1. The van der Waals surface area contributed by atoms with Crippen LogP contribution in [0, 0.1) is 5.92 Å². The first-order valence-corrected chi connectivity index (χ1v) is 9.53. The van der Waals surface area contributed by atoms with Gasteiger partial charge < -0.3 is 10.1 Å². The second kappa shape index (κ2) is 7.32. The molecule has 0 radical (unpaired) electrons. The van der Waals surface area contributed by atoms with Crippen LogP contribution >= 0.6 is 22.7 Å². The molecule has 2 aromatic heterocycles. The van der Waals surface area contributed by atoms with Gasteiger partial charge in [0.15, 0.2) is 0 Å². The van der Waals surface area contributed by atoms with E-state index in [0.29, 0.717) is 16.5 Å². The first-order valence-electron chi connectivity index (χ1n) is 7.84. The molecule has 1 amide bonds. The maximum Gasteiger partial charge on any atom is 0.341 e. The van der Waals surface area contributed by atoms with E-state index in [-0.39, 0.29) is 11.9 Å². The number of carbonyl (C=O) groups is 2. The second-order valence-corrected chi connectivity index (χ2v) is 7.97. The van der Waals surface area contributed by atoms with Crippen molar-refractivity contribution in [3.8, 4) is 0 Å². The largest absolute Gasteiger partial charge is 0.465 e. The fraction of sp³-hybridized carbons (Fsp3) is 0.333. The summed E-state index contributed by atoms with van der Waals surface area (Å²) in [6, 6.07) is 3.88. The molecule has 0 saturated heterocycles. The monoisotopic (exact) mass is 361 g/mol. The predicted octanol–water partition coefficient (Wildman–Crippen LogP) is 4.37. The lowest BCUT2D eigenvalue weighted by atomic mass is 9.88. The molecule has 126 valence electrons. The number of thiophene rings is 2. The Hall–Kier alpha value is -1.92. The van der Waals surface area contributed by atoms with Crippen molar-refractivity contribution >= 4 is 45.6 Å². The van der Waals surface area contributed by atoms with Gasteiger partial charge in [0, 0.05) is 15.8 Å². The molecule has 0 fully saturated rings. The minimum atomic E-state index is -0.375. The zero-order chi connectivity index (χ0) is 17.1. The third kappa shape index (κ3) is 3.60. The van der Waals surface area contributed by atoms with E-state index in [9.17, 15) is 9.59 Å². The van der Waals surface area contributed by atoms with Crippen LogP contribution in [0.3, 0.4) is 0 Å². The smallest absolute Gasteiger partial charge is 0.341 e. The number of nitrogens with one attached hydrogen (secondary N) is 1. The third-order valence-corrected chi connectivity index (χ3v) is 6.09. The van der Waals surface area contributed by atoms with Crippen LogP contribution < -0.4 is 5.32 Å². The number of amides is 1. The highest BCUT2D eigenvalue weighted by molar-refractivity contribution is 7.17. The van der Waals surface area contributed by atoms with Crippen molar-refractivity contribution in [3.05, 3.63) is 44.5 Å². The quantitative estimate of drug-likeness (QED) is 0.650. The Balaban J connectivity index is 1.84. The van der Waals surface area contributed by atoms with Gasteiger partial charge in [-0.1, -0.05) is 13.0 Å². The van der Waals surface area contributed by atoms with Gasteiger partial charge in [0.1, 0.15) is 5.00 Å². The highest BCUT2D eigenvalue weighted by Gasteiger charge is 2.28. The predicted molar refractivity (Wildman–Crippen MR) is 98.8 cm³/mol. The van der Waals surface area contributed by atoms with E-state index in [1.165, 1.54) is 29.4 Å². The molecule has 0 aliphatic heterocycles. The van der Waals surface area contributed by atoms with Crippen LogP contribution in [0.25, 0.3) is 6.08 Å². The van der Waals surface area contributed by atoms with Gasteiger partial charge in [-0.05, 0) is 48.3 Å². The first-order chi connectivity index (χ1) is 11.6. The molecule has 1 unspecified atom stereocenters. The summed E-state index contributed by atoms with van der Waals surface area (Å²) in [5, 5.41) is 5.42. The lowest BCUT2D eigenvalue weighted by Crippen LogP contribution is -2.14. The van der Waals surface area contributed by atoms with E-state index in [2.05, 4.69) is 12.2 Å². The van der Waals surface area contributed by atoms with Crippen LogP contribution in [0.5, 0.6) is 0 Å². The van der Waals surface area contributed by atoms with Crippen molar-refractivity contribution in [1.29, 1.82) is 0 Å². The van der Waals surface area contributed by atoms with E-state index in [4.69, 9.17) is 4.74 Å². The van der Waals surface area contributed by atoms with Crippen LogP contribution in [-0.2, 0) is 22.4 Å². The third-order valence-electron chi connectivity index (χ3n) is 4.08. The van der Waals surface area contributed by atoms with Crippen molar-refractivity contribution in [2.24, 2.45) is 5.92 Å². The molecule has 6 heteroatoms. The van der Waals surface area contributed by atoms with Gasteiger partial charge in [-0.2, -0.15) is 0 Å². The molecule has 0 bridgehead atoms. The number of hydrogen-bond acceptors (Lipinski definition) is 5. The normalized spacial score (nSPS) is 16.8. The summed E-state index contributed by atoms with van der Waals surface area (Å²) in [6.07, 6.45) is 6.13. The topological polar surface area (TPSA) is 55.4 Å². The summed E-state index contributed by atoms with van der Waals surface area (Å²) < 4.78 is 4.93. The summed E-state index contributed by atoms with van der Waals surface area (Å²) in [5.74, 6) is -0.0105. The minimum absolute atomic E-state index is 0.236. The lowest BCUT2D eigenvalue weighted by Gasteiger charge is -2.18. The van der Waals surface area contributed by atoms with E-state index in [1.807, 2.05) is 17.5 Å². The lowest BCUT2D eigenvalue weighted by molar-refractivity contribution is -0.111. The van der Waals surface area contributed by atoms with Crippen molar-refractivity contribution < 1.29 is 14.3 Å². The molecule has 1 aliphatic rings. The summed E-state index contributed by atoms with van der Waals surface area (Å²) in [4.78, 5) is 26.6. The summed E-state index contributed by atoms with van der Waals surface area (Å²) >= 11 is 3.06. The minimum Gasteiger partial charge on any atom is -0.465 e. The van der Waals surface area contributed by atoms with E-state index >= 15 is 0 Å². The molecule has 2 heterocycles. The van der Waals surface area contributed by atoms with Crippen molar-refractivity contribution in [2.75, 3.05) is 12.4 Å². The molecule has 3 rings (SSSR count). The number of esters is 1. The Morgan fingerprint density at radius 3 is 2.96 bits per heavy atom. The van der Waals surface area contributed by atoms with Crippen molar-refractivity contribution in [1.82, 2.24) is 0 Å². The number of ether oxygens (including phenoxy) is 1. The number of rotatable bonds is 4. The molecule has 1 atom stereocenters. The zero-order valence-corrected chi connectivity index (χ0v) is 15.3. The number of fused-ring (bicyclic) bond motifs is 1. The van der Waals surface area contributed by atoms with Gasteiger partial charge in [0.25, 0.3) is 0 Å². The van der Waals surface area contributed by atoms with Crippen LogP contribution in [0.1, 0.15) is 39.0 Å². The molecule has 0 aromatic carbocycles. The molecule has 24 heavy (non-hydrogen) atoms. The van der Waals surface area contributed by atoms with Gasteiger partial charge in [-0.3, -0.25) is 4.79 Å². The standard InChI is InChI=1S/C18H19NO3S2/c1-11-5-7-13-14(10-11)24-17(16(13)18(21)22-2)19-15(20)8-6-12-4-3-9-23-12/h3-4,6,8-9,11H,5,7,10H2,1-2H3,(H,19,20). The summed E-state index contributed by atoms with van der Waals surface area (Å²) in [5.41, 5.74) is 1.57. The average molecular weight is 361 g/mol. The number of carbonyl (C=O) groups excluding carboxylic acids is 2. The molecule has 2 aromatic rings. The fourth-order valence-electron chi connectivity index (χ4n) is 2.85. The molecule has 1 N–H and O–H groups in total. The van der Waals surface area contributed by atoms with Crippen molar-refractivity contribution in [3.63, 3.8) is 0 Å². The van der Waals surface area contributed by atoms with Crippen LogP contribution in [0.15, 0.2) is 23.6 Å².